The van der Waals surface area contributed by atoms with Crippen molar-refractivity contribution in [1.29, 1.82) is 0 Å². The Kier molecular flexibility index (Phi) is 54.0. The van der Waals surface area contributed by atoms with Gasteiger partial charge in [-0.05, 0) is 51.4 Å². The third kappa shape index (κ3) is 51.8. The smallest absolute Gasteiger partial charge is 0.305 e. The van der Waals surface area contributed by atoms with Crippen molar-refractivity contribution in [2.75, 3.05) is 13.2 Å². The van der Waals surface area contributed by atoms with E-state index in [4.69, 9.17) is 4.74 Å². The number of amides is 1. The first kappa shape index (κ1) is 63.6. The summed E-state index contributed by atoms with van der Waals surface area (Å²) < 4.78 is 5.47. The Morgan fingerprint density at radius 2 is 0.723 bits per heavy atom. The van der Waals surface area contributed by atoms with Gasteiger partial charge in [-0.2, -0.15) is 0 Å². The van der Waals surface area contributed by atoms with Crippen LogP contribution in [-0.4, -0.2) is 47.4 Å². The maximum absolute atomic E-state index is 12.5. The molecule has 0 aromatic rings. The Bertz CT molecular complexity index is 970. The summed E-state index contributed by atoms with van der Waals surface area (Å²) in [6.07, 6.45) is 64.8. The van der Waals surface area contributed by atoms with Gasteiger partial charge in [-0.25, -0.2) is 0 Å². The summed E-state index contributed by atoms with van der Waals surface area (Å²) in [5.41, 5.74) is 0. The van der Waals surface area contributed by atoms with Crippen LogP contribution in [0.3, 0.4) is 0 Å². The van der Waals surface area contributed by atoms with E-state index >= 15 is 0 Å². The van der Waals surface area contributed by atoms with Gasteiger partial charge in [0.15, 0.2) is 0 Å². The monoisotopic (exact) mass is 918 g/mol. The van der Waals surface area contributed by atoms with Crippen LogP contribution in [0.4, 0.5) is 0 Å². The minimum Gasteiger partial charge on any atom is -0.466 e. The summed E-state index contributed by atoms with van der Waals surface area (Å²) in [5, 5.41) is 23.3. The van der Waals surface area contributed by atoms with Gasteiger partial charge < -0.3 is 20.3 Å². The number of hydrogen-bond acceptors (Lipinski definition) is 5. The molecule has 1 amide bonds. The molecular formula is C59H115NO5. The summed E-state index contributed by atoms with van der Waals surface area (Å²) in [6.45, 7) is 4.95. The molecule has 3 N–H and O–H groups in total. The summed E-state index contributed by atoms with van der Waals surface area (Å²) >= 11 is 0. The fraction of sp³-hybridized carbons (Fsp3) is 0.932. The summed E-state index contributed by atoms with van der Waals surface area (Å²) in [7, 11) is 0. The van der Waals surface area contributed by atoms with Gasteiger partial charge in [0.1, 0.15) is 0 Å². The van der Waals surface area contributed by atoms with Crippen molar-refractivity contribution in [3.8, 4) is 0 Å². The second-order valence-corrected chi connectivity index (χ2v) is 20.3. The van der Waals surface area contributed by atoms with E-state index in [0.717, 1.165) is 51.4 Å². The molecule has 0 heterocycles. The van der Waals surface area contributed by atoms with Crippen LogP contribution in [-0.2, 0) is 14.3 Å². The predicted molar refractivity (Wildman–Crippen MR) is 283 cm³/mol. The van der Waals surface area contributed by atoms with Crippen LogP contribution in [0, 0.1) is 0 Å². The fourth-order valence-corrected chi connectivity index (χ4v) is 9.28. The van der Waals surface area contributed by atoms with Crippen LogP contribution in [0.1, 0.15) is 328 Å². The van der Waals surface area contributed by atoms with Gasteiger partial charge in [0, 0.05) is 12.8 Å². The fourth-order valence-electron chi connectivity index (χ4n) is 9.28. The molecule has 0 aliphatic rings. The maximum Gasteiger partial charge on any atom is 0.305 e. The van der Waals surface area contributed by atoms with Gasteiger partial charge in [-0.1, -0.05) is 276 Å². The molecule has 65 heavy (non-hydrogen) atoms. The highest BCUT2D eigenvalue weighted by molar-refractivity contribution is 5.76. The number of carbonyl (C=O) groups excluding carboxylic acids is 2. The van der Waals surface area contributed by atoms with Crippen molar-refractivity contribution in [2.45, 2.75) is 341 Å². The predicted octanol–water partition coefficient (Wildman–Crippen LogP) is 18.1. The van der Waals surface area contributed by atoms with Gasteiger partial charge >= 0.3 is 5.97 Å². The highest BCUT2D eigenvalue weighted by Gasteiger charge is 2.20. The minimum atomic E-state index is -0.670. The lowest BCUT2D eigenvalue weighted by atomic mass is 10.0. The number of aliphatic hydroxyl groups is 2. The molecule has 0 rings (SSSR count). The molecule has 0 aromatic carbocycles. The quantitative estimate of drug-likeness (QED) is 0.0321. The molecule has 0 fully saturated rings. The molecule has 0 aliphatic heterocycles. The van der Waals surface area contributed by atoms with Crippen LogP contribution in [0.25, 0.3) is 0 Å². The van der Waals surface area contributed by atoms with E-state index in [1.165, 1.54) is 244 Å². The molecule has 6 heteroatoms. The van der Waals surface area contributed by atoms with E-state index in [9.17, 15) is 19.8 Å². The van der Waals surface area contributed by atoms with Crippen molar-refractivity contribution >= 4 is 11.9 Å². The Labute approximate surface area is 406 Å². The molecular weight excluding hydrogens is 803 g/mol. The number of esters is 1. The van der Waals surface area contributed by atoms with E-state index in [1.807, 2.05) is 0 Å². The molecule has 0 spiro atoms. The lowest BCUT2D eigenvalue weighted by Crippen LogP contribution is -2.45. The average Bonchev–Trinajstić information content (AvgIpc) is 3.31. The molecule has 0 saturated heterocycles. The standard InChI is InChI=1S/C59H115NO5/c1-3-5-7-9-11-13-15-17-19-20-21-22-24-27-31-35-39-43-47-51-57(62)56(55-61)60-58(63)52-48-44-40-36-32-28-25-23-26-30-34-38-42-46-50-54-65-59(64)53-49-45-41-37-33-29-18-16-14-12-10-8-6-4-2/h16,18,56-57,61-62H,3-15,17,19-55H2,1-2H3,(H,60,63)/b18-16-. The third-order valence-electron chi connectivity index (χ3n) is 13.8. The number of hydrogen-bond donors (Lipinski definition) is 3. The molecule has 0 aliphatic carbocycles. The zero-order valence-corrected chi connectivity index (χ0v) is 44.0. The second kappa shape index (κ2) is 55.2. The van der Waals surface area contributed by atoms with E-state index in [-0.39, 0.29) is 18.5 Å². The van der Waals surface area contributed by atoms with Crippen LogP contribution >= 0.6 is 0 Å². The second-order valence-electron chi connectivity index (χ2n) is 20.3. The van der Waals surface area contributed by atoms with Gasteiger partial charge in [0.25, 0.3) is 0 Å². The van der Waals surface area contributed by atoms with Gasteiger partial charge in [-0.3, -0.25) is 9.59 Å². The molecule has 386 valence electrons. The summed E-state index contributed by atoms with van der Waals surface area (Å²) in [6, 6.07) is -0.548. The Morgan fingerprint density at radius 1 is 0.415 bits per heavy atom. The minimum absolute atomic E-state index is 0.00697. The zero-order valence-electron chi connectivity index (χ0n) is 44.0. The molecule has 0 bridgehead atoms. The number of unbranched alkanes of at least 4 members (excludes halogenated alkanes) is 42. The Balaban J connectivity index is 3.43. The molecule has 6 nitrogen and oxygen atoms in total. The van der Waals surface area contributed by atoms with Crippen LogP contribution < -0.4 is 5.32 Å². The maximum atomic E-state index is 12.5. The number of nitrogens with one attached hydrogen (secondary N) is 1. The van der Waals surface area contributed by atoms with Crippen molar-refractivity contribution in [1.82, 2.24) is 5.32 Å². The van der Waals surface area contributed by atoms with Gasteiger partial charge in [0.2, 0.25) is 5.91 Å². The average molecular weight is 919 g/mol. The molecule has 2 atom stereocenters. The molecule has 0 saturated carbocycles. The number of allylic oxidation sites excluding steroid dienone is 2. The highest BCUT2D eigenvalue weighted by atomic mass is 16.5. The van der Waals surface area contributed by atoms with Gasteiger partial charge in [-0.15, -0.1) is 0 Å². The van der Waals surface area contributed by atoms with Crippen molar-refractivity contribution in [3.05, 3.63) is 12.2 Å². The molecule has 0 aromatic heterocycles. The number of rotatable bonds is 55. The first-order chi connectivity index (χ1) is 32.0. The first-order valence-electron chi connectivity index (χ1n) is 29.4. The Hall–Kier alpha value is -1.40. The van der Waals surface area contributed by atoms with Crippen molar-refractivity contribution < 1.29 is 24.5 Å². The van der Waals surface area contributed by atoms with Crippen molar-refractivity contribution in [3.63, 3.8) is 0 Å². The number of ether oxygens (including phenoxy) is 1. The topological polar surface area (TPSA) is 95.9 Å². The summed E-state index contributed by atoms with van der Waals surface area (Å²) in [5.74, 6) is -0.0475. The number of aliphatic hydroxyl groups excluding tert-OH is 2. The van der Waals surface area contributed by atoms with Crippen LogP contribution in [0.5, 0.6) is 0 Å². The lowest BCUT2D eigenvalue weighted by Gasteiger charge is -2.22. The Morgan fingerprint density at radius 3 is 1.09 bits per heavy atom. The van der Waals surface area contributed by atoms with E-state index in [0.29, 0.717) is 25.9 Å². The molecule has 2 unspecified atom stereocenters. The third-order valence-corrected chi connectivity index (χ3v) is 13.8. The number of carbonyl (C=O) groups is 2. The highest BCUT2D eigenvalue weighted by Crippen LogP contribution is 2.18. The SMILES string of the molecule is CCCCCCC/C=C\CCCCCCCC(=O)OCCCCCCCCCCCCCCCCCC(=O)NC(CO)C(O)CCCCCCCCCCCCCCCCCCCCC. The van der Waals surface area contributed by atoms with E-state index in [2.05, 4.69) is 31.3 Å². The summed E-state index contributed by atoms with van der Waals surface area (Å²) in [4.78, 5) is 24.5. The largest absolute Gasteiger partial charge is 0.466 e. The zero-order chi connectivity index (χ0) is 47.2. The first-order valence-corrected chi connectivity index (χ1v) is 29.4. The van der Waals surface area contributed by atoms with E-state index < -0.39 is 12.1 Å². The van der Waals surface area contributed by atoms with E-state index in [1.54, 1.807) is 0 Å². The molecule has 0 radical (unpaired) electrons. The van der Waals surface area contributed by atoms with Crippen LogP contribution in [0.2, 0.25) is 0 Å². The lowest BCUT2D eigenvalue weighted by molar-refractivity contribution is -0.143. The van der Waals surface area contributed by atoms with Gasteiger partial charge in [0.05, 0.1) is 25.4 Å². The van der Waals surface area contributed by atoms with Crippen molar-refractivity contribution in [2.24, 2.45) is 0 Å². The van der Waals surface area contributed by atoms with Crippen LogP contribution in [0.15, 0.2) is 12.2 Å². The normalized spacial score (nSPS) is 12.6.